The summed E-state index contributed by atoms with van der Waals surface area (Å²) in [6.45, 7) is 3.08. The largest absolute Gasteiger partial charge is 0.381 e. The van der Waals surface area contributed by atoms with Crippen LogP contribution in [-0.2, 0) is 14.3 Å². The zero-order valence-corrected chi connectivity index (χ0v) is 14.7. The van der Waals surface area contributed by atoms with Crippen molar-refractivity contribution >= 4 is 33.4 Å². The van der Waals surface area contributed by atoms with E-state index in [-0.39, 0.29) is 24.3 Å². The Balaban J connectivity index is 1.80. The monoisotopic (exact) mass is 383 g/mol. The molecule has 1 atom stereocenters. The number of nitrogens with two attached hydrogens (primary N) is 1. The molecule has 0 radical (unpaired) electrons. The van der Waals surface area contributed by atoms with Crippen LogP contribution in [0.4, 0.5) is 5.69 Å². The first-order valence-electron chi connectivity index (χ1n) is 7.64. The van der Waals surface area contributed by atoms with Gasteiger partial charge in [-0.25, -0.2) is 0 Å². The number of anilines is 1. The summed E-state index contributed by atoms with van der Waals surface area (Å²) >= 11 is 3.37. The molecule has 2 amide bonds. The second kappa shape index (κ2) is 8.42. The maximum atomic E-state index is 12.0. The third-order valence-corrected chi connectivity index (χ3v) is 4.46. The predicted octanol–water partition coefficient (Wildman–Crippen LogP) is 1.57. The zero-order valence-electron chi connectivity index (χ0n) is 13.1. The third kappa shape index (κ3) is 5.30. The molecule has 1 aromatic rings. The minimum Gasteiger partial charge on any atom is -0.381 e. The van der Waals surface area contributed by atoms with Crippen molar-refractivity contribution in [1.82, 2.24) is 5.32 Å². The molecule has 0 saturated carbocycles. The fourth-order valence-corrected chi connectivity index (χ4v) is 3.01. The van der Waals surface area contributed by atoms with Gasteiger partial charge in [0.2, 0.25) is 11.8 Å². The van der Waals surface area contributed by atoms with Gasteiger partial charge >= 0.3 is 0 Å². The molecule has 1 fully saturated rings. The molecule has 1 saturated heterocycles. The van der Waals surface area contributed by atoms with Gasteiger partial charge in [0.15, 0.2) is 0 Å². The number of carbonyl (C=O) groups excluding carboxylic acids is 2. The first-order valence-corrected chi connectivity index (χ1v) is 8.43. The summed E-state index contributed by atoms with van der Waals surface area (Å²) in [7, 11) is 0. The van der Waals surface area contributed by atoms with Gasteiger partial charge in [0.05, 0.1) is 12.6 Å². The van der Waals surface area contributed by atoms with E-state index in [9.17, 15) is 9.59 Å². The molecule has 0 aromatic heterocycles. The molecule has 4 N–H and O–H groups in total. The standard InChI is InChI=1S/C16H22BrN3O3/c1-10-8-12(17)2-3-13(10)20-14(21)9-19-16(22)15(18)11-4-6-23-7-5-11/h2-3,8,11,15H,4-7,9,18H2,1H3,(H,19,22)(H,20,21). The van der Waals surface area contributed by atoms with Crippen LogP contribution in [0.15, 0.2) is 22.7 Å². The van der Waals surface area contributed by atoms with E-state index in [0.717, 1.165) is 28.6 Å². The highest BCUT2D eigenvalue weighted by Gasteiger charge is 2.26. The lowest BCUT2D eigenvalue weighted by atomic mass is 9.92. The van der Waals surface area contributed by atoms with Crippen LogP contribution < -0.4 is 16.4 Å². The Bertz CT molecular complexity index is 574. The number of rotatable bonds is 5. The van der Waals surface area contributed by atoms with Gasteiger partial charge in [-0.2, -0.15) is 0 Å². The first-order chi connectivity index (χ1) is 11.0. The molecule has 7 heteroatoms. The Morgan fingerprint density at radius 3 is 2.74 bits per heavy atom. The first kappa shape index (κ1) is 17.9. The SMILES string of the molecule is Cc1cc(Br)ccc1NC(=O)CNC(=O)C(N)C1CCOCC1. The van der Waals surface area contributed by atoms with Gasteiger partial charge in [0, 0.05) is 23.4 Å². The molecule has 0 bridgehead atoms. The number of benzene rings is 1. The molecular formula is C16H22BrN3O3. The average Bonchev–Trinajstić information content (AvgIpc) is 2.55. The minimum atomic E-state index is -0.596. The molecule has 6 nitrogen and oxygen atoms in total. The van der Waals surface area contributed by atoms with Gasteiger partial charge in [0.1, 0.15) is 0 Å². The number of carbonyl (C=O) groups is 2. The van der Waals surface area contributed by atoms with Crippen LogP contribution in [0, 0.1) is 12.8 Å². The van der Waals surface area contributed by atoms with Gasteiger partial charge in [-0.15, -0.1) is 0 Å². The van der Waals surface area contributed by atoms with Crippen LogP contribution in [0.3, 0.4) is 0 Å². The summed E-state index contributed by atoms with van der Waals surface area (Å²) in [5, 5.41) is 5.38. The molecular weight excluding hydrogens is 362 g/mol. The van der Waals surface area contributed by atoms with E-state index in [0.29, 0.717) is 13.2 Å². The fourth-order valence-electron chi connectivity index (χ4n) is 2.54. The maximum Gasteiger partial charge on any atom is 0.243 e. The Labute approximate surface area is 144 Å². The van der Waals surface area contributed by atoms with Crippen LogP contribution in [0.25, 0.3) is 0 Å². The van der Waals surface area contributed by atoms with Gasteiger partial charge in [-0.3, -0.25) is 9.59 Å². The smallest absolute Gasteiger partial charge is 0.243 e. The normalized spacial score (nSPS) is 16.7. The number of nitrogens with one attached hydrogen (secondary N) is 2. The van der Waals surface area contributed by atoms with Crippen molar-refractivity contribution in [1.29, 1.82) is 0 Å². The van der Waals surface area contributed by atoms with Crippen molar-refractivity contribution in [2.24, 2.45) is 11.7 Å². The quantitative estimate of drug-likeness (QED) is 0.719. The predicted molar refractivity (Wildman–Crippen MR) is 92.0 cm³/mol. The molecule has 2 rings (SSSR count). The van der Waals surface area contributed by atoms with Crippen molar-refractivity contribution in [2.45, 2.75) is 25.8 Å². The topological polar surface area (TPSA) is 93.5 Å². The Morgan fingerprint density at radius 2 is 2.09 bits per heavy atom. The highest BCUT2D eigenvalue weighted by atomic mass is 79.9. The highest BCUT2D eigenvalue weighted by molar-refractivity contribution is 9.10. The van der Waals surface area contributed by atoms with Crippen LogP contribution in [-0.4, -0.2) is 37.6 Å². The Hall–Kier alpha value is -1.44. The maximum absolute atomic E-state index is 12.0. The van der Waals surface area contributed by atoms with Crippen molar-refractivity contribution in [3.05, 3.63) is 28.2 Å². The number of amides is 2. The van der Waals surface area contributed by atoms with Crippen LogP contribution >= 0.6 is 15.9 Å². The molecule has 1 heterocycles. The molecule has 1 aromatic carbocycles. The second-order valence-electron chi connectivity index (χ2n) is 5.70. The minimum absolute atomic E-state index is 0.0920. The number of aryl methyl sites for hydroxylation is 1. The number of ether oxygens (including phenoxy) is 1. The lowest BCUT2D eigenvalue weighted by molar-refractivity contribution is -0.126. The lowest BCUT2D eigenvalue weighted by Gasteiger charge is -2.26. The van der Waals surface area contributed by atoms with Crippen molar-refractivity contribution < 1.29 is 14.3 Å². The van der Waals surface area contributed by atoms with Crippen molar-refractivity contribution in [3.8, 4) is 0 Å². The number of hydrogen-bond donors (Lipinski definition) is 3. The summed E-state index contributed by atoms with van der Waals surface area (Å²) in [5.74, 6) is -0.456. The molecule has 0 spiro atoms. The van der Waals surface area contributed by atoms with E-state index in [2.05, 4.69) is 26.6 Å². The summed E-state index contributed by atoms with van der Waals surface area (Å²) in [4.78, 5) is 24.0. The number of hydrogen-bond acceptors (Lipinski definition) is 4. The van der Waals surface area contributed by atoms with E-state index in [4.69, 9.17) is 10.5 Å². The van der Waals surface area contributed by atoms with Gasteiger partial charge in [0.25, 0.3) is 0 Å². The lowest BCUT2D eigenvalue weighted by Crippen LogP contribution is -2.48. The van der Waals surface area contributed by atoms with E-state index in [1.54, 1.807) is 0 Å². The summed E-state index contributed by atoms with van der Waals surface area (Å²) in [6.07, 6.45) is 1.55. The van der Waals surface area contributed by atoms with Crippen LogP contribution in [0.5, 0.6) is 0 Å². The van der Waals surface area contributed by atoms with E-state index >= 15 is 0 Å². The molecule has 0 aliphatic carbocycles. The molecule has 1 aliphatic heterocycles. The summed E-state index contributed by atoms with van der Waals surface area (Å²) in [5.41, 5.74) is 7.63. The van der Waals surface area contributed by atoms with Gasteiger partial charge in [-0.1, -0.05) is 15.9 Å². The summed E-state index contributed by atoms with van der Waals surface area (Å²) in [6, 6.07) is 4.98. The molecule has 1 aliphatic rings. The van der Waals surface area contributed by atoms with Crippen molar-refractivity contribution in [2.75, 3.05) is 25.1 Å². The Morgan fingerprint density at radius 1 is 1.39 bits per heavy atom. The van der Waals surface area contributed by atoms with E-state index < -0.39 is 6.04 Å². The zero-order chi connectivity index (χ0) is 16.8. The fraction of sp³-hybridized carbons (Fsp3) is 0.500. The van der Waals surface area contributed by atoms with Gasteiger partial charge < -0.3 is 21.1 Å². The number of halogens is 1. The molecule has 23 heavy (non-hydrogen) atoms. The average molecular weight is 384 g/mol. The Kier molecular flexibility index (Phi) is 6.56. The second-order valence-corrected chi connectivity index (χ2v) is 6.62. The summed E-state index contributed by atoms with van der Waals surface area (Å²) < 4.78 is 6.21. The molecule has 1 unspecified atom stereocenters. The van der Waals surface area contributed by atoms with E-state index in [1.807, 2.05) is 25.1 Å². The van der Waals surface area contributed by atoms with Crippen LogP contribution in [0.2, 0.25) is 0 Å². The van der Waals surface area contributed by atoms with Crippen molar-refractivity contribution in [3.63, 3.8) is 0 Å². The molecule has 126 valence electrons. The third-order valence-electron chi connectivity index (χ3n) is 3.96. The van der Waals surface area contributed by atoms with Gasteiger partial charge in [-0.05, 0) is 49.4 Å². The highest BCUT2D eigenvalue weighted by Crippen LogP contribution is 2.20. The van der Waals surface area contributed by atoms with E-state index in [1.165, 1.54) is 0 Å². The van der Waals surface area contributed by atoms with Crippen LogP contribution in [0.1, 0.15) is 18.4 Å².